The SMILES string of the molecule is COc1ccc(-c2cc(OC)c(C)nc2N)cn1. The Morgan fingerprint density at radius 3 is 2.50 bits per heavy atom. The predicted molar refractivity (Wildman–Crippen MR) is 69.7 cm³/mol. The summed E-state index contributed by atoms with van der Waals surface area (Å²) in [6.45, 7) is 1.85. The molecule has 0 aromatic carbocycles. The van der Waals surface area contributed by atoms with Crippen LogP contribution in [0.2, 0.25) is 0 Å². The Labute approximate surface area is 106 Å². The molecule has 2 aromatic rings. The van der Waals surface area contributed by atoms with Gasteiger partial charge in [-0.3, -0.25) is 0 Å². The summed E-state index contributed by atoms with van der Waals surface area (Å²) in [6.07, 6.45) is 1.70. The summed E-state index contributed by atoms with van der Waals surface area (Å²) in [7, 11) is 3.18. The van der Waals surface area contributed by atoms with Crippen molar-refractivity contribution in [1.29, 1.82) is 0 Å². The number of anilines is 1. The molecule has 5 nitrogen and oxygen atoms in total. The van der Waals surface area contributed by atoms with Crippen LogP contribution in [0.25, 0.3) is 11.1 Å². The van der Waals surface area contributed by atoms with E-state index in [0.29, 0.717) is 17.4 Å². The fourth-order valence-electron chi connectivity index (χ4n) is 1.70. The first-order chi connectivity index (χ1) is 8.65. The minimum atomic E-state index is 0.459. The third-order valence-corrected chi connectivity index (χ3v) is 2.67. The molecule has 0 aliphatic rings. The van der Waals surface area contributed by atoms with Crippen molar-refractivity contribution in [3.05, 3.63) is 30.1 Å². The molecular weight excluding hydrogens is 230 g/mol. The molecule has 0 atom stereocenters. The van der Waals surface area contributed by atoms with Gasteiger partial charge in [-0.1, -0.05) is 0 Å². The number of ether oxygens (including phenoxy) is 2. The van der Waals surface area contributed by atoms with Gasteiger partial charge in [0, 0.05) is 23.4 Å². The molecule has 0 aliphatic heterocycles. The van der Waals surface area contributed by atoms with Crippen molar-refractivity contribution in [2.24, 2.45) is 0 Å². The summed E-state index contributed by atoms with van der Waals surface area (Å²) >= 11 is 0. The third-order valence-electron chi connectivity index (χ3n) is 2.67. The number of methoxy groups -OCH3 is 2. The Morgan fingerprint density at radius 1 is 1.17 bits per heavy atom. The molecule has 0 spiro atoms. The van der Waals surface area contributed by atoms with Gasteiger partial charge in [-0.2, -0.15) is 0 Å². The van der Waals surface area contributed by atoms with E-state index in [1.165, 1.54) is 0 Å². The lowest BCUT2D eigenvalue weighted by atomic mass is 10.1. The van der Waals surface area contributed by atoms with E-state index in [9.17, 15) is 0 Å². The summed E-state index contributed by atoms with van der Waals surface area (Å²) in [5.41, 5.74) is 8.36. The topological polar surface area (TPSA) is 70.3 Å². The Bertz CT molecular complexity index is 553. The van der Waals surface area contributed by atoms with E-state index in [0.717, 1.165) is 16.8 Å². The first-order valence-corrected chi connectivity index (χ1v) is 5.47. The molecule has 2 heterocycles. The minimum absolute atomic E-state index is 0.459. The van der Waals surface area contributed by atoms with Crippen LogP contribution in [0.1, 0.15) is 5.69 Å². The minimum Gasteiger partial charge on any atom is -0.495 e. The van der Waals surface area contributed by atoms with Crippen LogP contribution >= 0.6 is 0 Å². The van der Waals surface area contributed by atoms with Crippen molar-refractivity contribution in [1.82, 2.24) is 9.97 Å². The first-order valence-electron chi connectivity index (χ1n) is 5.47. The second-order valence-electron chi connectivity index (χ2n) is 3.80. The van der Waals surface area contributed by atoms with E-state index < -0.39 is 0 Å². The second-order valence-corrected chi connectivity index (χ2v) is 3.80. The van der Waals surface area contributed by atoms with Crippen molar-refractivity contribution in [2.75, 3.05) is 20.0 Å². The maximum Gasteiger partial charge on any atom is 0.212 e. The van der Waals surface area contributed by atoms with E-state index in [4.69, 9.17) is 15.2 Å². The smallest absolute Gasteiger partial charge is 0.212 e. The Kier molecular flexibility index (Phi) is 3.32. The molecule has 94 valence electrons. The Hall–Kier alpha value is -2.30. The fourth-order valence-corrected chi connectivity index (χ4v) is 1.70. The number of aromatic nitrogens is 2. The fraction of sp³-hybridized carbons (Fsp3) is 0.231. The van der Waals surface area contributed by atoms with Gasteiger partial charge in [0.1, 0.15) is 11.6 Å². The van der Waals surface area contributed by atoms with Gasteiger partial charge < -0.3 is 15.2 Å². The summed E-state index contributed by atoms with van der Waals surface area (Å²) in [6, 6.07) is 5.52. The molecule has 0 fully saturated rings. The zero-order valence-electron chi connectivity index (χ0n) is 10.6. The van der Waals surface area contributed by atoms with Crippen molar-refractivity contribution < 1.29 is 9.47 Å². The standard InChI is InChI=1S/C13H15N3O2/c1-8-11(17-2)6-10(13(14)16-8)9-4-5-12(18-3)15-7-9/h4-7H,1-3H3,(H2,14,16). The molecule has 0 unspecified atom stereocenters. The van der Waals surface area contributed by atoms with Gasteiger partial charge in [-0.05, 0) is 19.1 Å². The molecule has 0 radical (unpaired) electrons. The summed E-state index contributed by atoms with van der Waals surface area (Å²) in [4.78, 5) is 8.40. The molecule has 2 rings (SSSR count). The van der Waals surface area contributed by atoms with E-state index in [1.54, 1.807) is 26.5 Å². The van der Waals surface area contributed by atoms with E-state index in [2.05, 4.69) is 9.97 Å². The van der Waals surface area contributed by atoms with Crippen LogP contribution < -0.4 is 15.2 Å². The zero-order chi connectivity index (χ0) is 13.1. The molecule has 0 bridgehead atoms. The maximum absolute atomic E-state index is 5.92. The second kappa shape index (κ2) is 4.91. The monoisotopic (exact) mass is 245 g/mol. The van der Waals surface area contributed by atoms with Gasteiger partial charge in [-0.25, -0.2) is 9.97 Å². The average Bonchev–Trinajstić information content (AvgIpc) is 2.39. The molecule has 0 aliphatic carbocycles. The number of rotatable bonds is 3. The first kappa shape index (κ1) is 12.2. The van der Waals surface area contributed by atoms with Crippen molar-refractivity contribution in [3.8, 4) is 22.8 Å². The number of nitrogen functional groups attached to an aromatic ring is 1. The van der Waals surface area contributed by atoms with Gasteiger partial charge >= 0.3 is 0 Å². The van der Waals surface area contributed by atoms with Gasteiger partial charge in [0.05, 0.1) is 19.9 Å². The predicted octanol–water partition coefficient (Wildman–Crippen LogP) is 2.05. The quantitative estimate of drug-likeness (QED) is 0.896. The van der Waals surface area contributed by atoms with Crippen molar-refractivity contribution in [3.63, 3.8) is 0 Å². The van der Waals surface area contributed by atoms with Crippen molar-refractivity contribution >= 4 is 5.82 Å². The van der Waals surface area contributed by atoms with Crippen LogP contribution in [0, 0.1) is 6.92 Å². The van der Waals surface area contributed by atoms with Crippen LogP contribution in [0.3, 0.4) is 0 Å². The van der Waals surface area contributed by atoms with Gasteiger partial charge in [0.2, 0.25) is 5.88 Å². The summed E-state index contributed by atoms with van der Waals surface area (Å²) in [5.74, 6) is 1.72. The lowest BCUT2D eigenvalue weighted by Crippen LogP contribution is -1.99. The number of aryl methyl sites for hydroxylation is 1. The summed E-state index contributed by atoms with van der Waals surface area (Å²) in [5, 5.41) is 0. The van der Waals surface area contributed by atoms with Gasteiger partial charge in [-0.15, -0.1) is 0 Å². The molecular formula is C13H15N3O2. The highest BCUT2D eigenvalue weighted by Crippen LogP contribution is 2.30. The average molecular weight is 245 g/mol. The number of hydrogen-bond donors (Lipinski definition) is 1. The van der Waals surface area contributed by atoms with Crippen LogP contribution in [-0.4, -0.2) is 24.2 Å². The highest BCUT2D eigenvalue weighted by Gasteiger charge is 2.09. The van der Waals surface area contributed by atoms with Gasteiger partial charge in [0.25, 0.3) is 0 Å². The summed E-state index contributed by atoms with van der Waals surface area (Å²) < 4.78 is 10.3. The Morgan fingerprint density at radius 2 is 1.94 bits per heavy atom. The highest BCUT2D eigenvalue weighted by molar-refractivity contribution is 5.75. The molecule has 0 saturated carbocycles. The normalized spacial score (nSPS) is 10.2. The maximum atomic E-state index is 5.92. The molecule has 18 heavy (non-hydrogen) atoms. The molecule has 0 saturated heterocycles. The van der Waals surface area contributed by atoms with Crippen LogP contribution in [-0.2, 0) is 0 Å². The third kappa shape index (κ3) is 2.20. The largest absolute Gasteiger partial charge is 0.495 e. The van der Waals surface area contributed by atoms with Crippen molar-refractivity contribution in [2.45, 2.75) is 6.92 Å². The number of nitrogens with two attached hydrogens (primary N) is 1. The lowest BCUT2D eigenvalue weighted by Gasteiger charge is -2.10. The van der Waals surface area contributed by atoms with Crippen LogP contribution in [0.5, 0.6) is 11.6 Å². The number of hydrogen-bond acceptors (Lipinski definition) is 5. The van der Waals surface area contributed by atoms with Gasteiger partial charge in [0.15, 0.2) is 0 Å². The lowest BCUT2D eigenvalue weighted by molar-refractivity contribution is 0.398. The number of pyridine rings is 2. The molecule has 0 amide bonds. The Balaban J connectivity index is 2.48. The molecule has 2 N–H and O–H groups in total. The van der Waals surface area contributed by atoms with Crippen LogP contribution in [0.15, 0.2) is 24.4 Å². The van der Waals surface area contributed by atoms with Crippen LogP contribution in [0.4, 0.5) is 5.82 Å². The number of nitrogens with zero attached hydrogens (tertiary/aromatic N) is 2. The van der Waals surface area contributed by atoms with E-state index in [1.807, 2.05) is 19.1 Å². The highest BCUT2D eigenvalue weighted by atomic mass is 16.5. The molecule has 5 heteroatoms. The zero-order valence-corrected chi connectivity index (χ0v) is 10.6. The van der Waals surface area contributed by atoms with E-state index >= 15 is 0 Å². The van der Waals surface area contributed by atoms with E-state index in [-0.39, 0.29) is 0 Å². The molecule has 2 aromatic heterocycles.